The van der Waals surface area contributed by atoms with E-state index < -0.39 is 0 Å². The van der Waals surface area contributed by atoms with Gasteiger partial charge in [-0.2, -0.15) is 0 Å². The van der Waals surface area contributed by atoms with Crippen molar-refractivity contribution in [1.29, 1.82) is 0 Å². The van der Waals surface area contributed by atoms with Gasteiger partial charge in [0.15, 0.2) is 0 Å². The lowest BCUT2D eigenvalue weighted by atomic mass is 10.1. The van der Waals surface area contributed by atoms with E-state index in [-0.39, 0.29) is 11.9 Å². The average Bonchev–Trinajstić information content (AvgIpc) is 3.10. The van der Waals surface area contributed by atoms with E-state index in [0.29, 0.717) is 16.3 Å². The number of nitrogen functional groups attached to an aromatic ring is 1. The first kappa shape index (κ1) is 12.8. The van der Waals surface area contributed by atoms with Crippen molar-refractivity contribution in [2.24, 2.45) is 0 Å². The van der Waals surface area contributed by atoms with E-state index in [1.54, 1.807) is 18.2 Å². The molecule has 1 aromatic rings. The molecule has 1 atom stereocenters. The number of hydrogen-bond acceptors (Lipinski definition) is 3. The molecule has 102 valence electrons. The third-order valence-corrected chi connectivity index (χ3v) is 4.17. The largest absolute Gasteiger partial charge is 0.399 e. The average molecular weight is 280 g/mol. The molecule has 5 heteroatoms. The van der Waals surface area contributed by atoms with Gasteiger partial charge < -0.3 is 11.1 Å². The Morgan fingerprint density at radius 3 is 2.84 bits per heavy atom. The highest BCUT2D eigenvalue weighted by Crippen LogP contribution is 2.30. The predicted octanol–water partition coefficient (Wildman–Crippen LogP) is 1.89. The van der Waals surface area contributed by atoms with Gasteiger partial charge in [-0.05, 0) is 37.5 Å². The van der Waals surface area contributed by atoms with Gasteiger partial charge in [0.1, 0.15) is 0 Å². The fourth-order valence-corrected chi connectivity index (χ4v) is 2.93. The smallest absolute Gasteiger partial charge is 0.253 e. The van der Waals surface area contributed by atoms with E-state index in [1.807, 2.05) is 0 Å². The molecule has 4 nitrogen and oxygen atoms in total. The van der Waals surface area contributed by atoms with Crippen LogP contribution >= 0.6 is 11.6 Å². The van der Waals surface area contributed by atoms with Crippen molar-refractivity contribution >= 4 is 23.2 Å². The number of rotatable bonds is 3. The Hall–Kier alpha value is -1.26. The SMILES string of the molecule is Nc1ccc(C(=O)NC2CCN(C3CC3)C2)c(Cl)c1. The normalized spacial score (nSPS) is 23.5. The molecule has 1 aliphatic carbocycles. The topological polar surface area (TPSA) is 58.4 Å². The molecule has 0 radical (unpaired) electrons. The summed E-state index contributed by atoms with van der Waals surface area (Å²) in [6, 6.07) is 6.00. The highest BCUT2D eigenvalue weighted by Gasteiger charge is 2.34. The van der Waals surface area contributed by atoms with Gasteiger partial charge in [-0.15, -0.1) is 0 Å². The van der Waals surface area contributed by atoms with E-state index in [2.05, 4.69) is 10.2 Å². The lowest BCUT2D eigenvalue weighted by Gasteiger charge is -2.16. The zero-order valence-electron chi connectivity index (χ0n) is 10.7. The second kappa shape index (κ2) is 5.02. The Morgan fingerprint density at radius 2 is 2.16 bits per heavy atom. The van der Waals surface area contributed by atoms with Crippen LogP contribution in [0.1, 0.15) is 29.6 Å². The number of likely N-dealkylation sites (tertiary alicyclic amines) is 1. The standard InChI is InChI=1S/C14H18ClN3O/c15-13-7-9(16)1-4-12(13)14(19)17-10-5-6-18(8-10)11-2-3-11/h1,4,7,10-11H,2-3,5-6,8,16H2,(H,17,19). The molecule has 0 aromatic heterocycles. The first-order chi connectivity index (χ1) is 9.13. The van der Waals surface area contributed by atoms with Crippen LogP contribution in [0, 0.1) is 0 Å². The Labute approximate surface area is 117 Å². The summed E-state index contributed by atoms with van der Waals surface area (Å²) in [6.07, 6.45) is 3.64. The third kappa shape index (κ3) is 2.85. The minimum Gasteiger partial charge on any atom is -0.399 e. The summed E-state index contributed by atoms with van der Waals surface area (Å²) in [5.41, 5.74) is 6.70. The van der Waals surface area contributed by atoms with Gasteiger partial charge in [0.2, 0.25) is 0 Å². The molecule has 1 aromatic carbocycles. The molecule has 1 heterocycles. The fourth-order valence-electron chi connectivity index (χ4n) is 2.66. The molecule has 3 N–H and O–H groups in total. The molecular weight excluding hydrogens is 262 g/mol. The van der Waals surface area contributed by atoms with Crippen LogP contribution in [0.4, 0.5) is 5.69 Å². The number of hydrogen-bond donors (Lipinski definition) is 2. The molecule has 19 heavy (non-hydrogen) atoms. The number of halogens is 1. The molecule has 2 fully saturated rings. The Bertz CT molecular complexity index is 501. The molecule has 3 rings (SSSR count). The minimum absolute atomic E-state index is 0.104. The second-order valence-electron chi connectivity index (χ2n) is 5.42. The van der Waals surface area contributed by atoms with E-state index in [1.165, 1.54) is 12.8 Å². The van der Waals surface area contributed by atoms with E-state index in [9.17, 15) is 4.79 Å². The van der Waals surface area contributed by atoms with E-state index in [4.69, 9.17) is 17.3 Å². The zero-order valence-corrected chi connectivity index (χ0v) is 11.5. The maximum atomic E-state index is 12.2. The van der Waals surface area contributed by atoms with Gasteiger partial charge in [0, 0.05) is 30.9 Å². The molecule has 1 aliphatic heterocycles. The molecular formula is C14H18ClN3O. The summed E-state index contributed by atoms with van der Waals surface area (Å²) in [6.45, 7) is 2.05. The Balaban J connectivity index is 1.61. The number of carbonyl (C=O) groups excluding carboxylic acids is 1. The minimum atomic E-state index is -0.104. The first-order valence-corrected chi connectivity index (χ1v) is 7.11. The van der Waals surface area contributed by atoms with Crippen LogP contribution in [-0.4, -0.2) is 36.0 Å². The van der Waals surface area contributed by atoms with Gasteiger partial charge in [0.05, 0.1) is 10.6 Å². The molecule has 1 amide bonds. The summed E-state index contributed by atoms with van der Waals surface area (Å²) in [5.74, 6) is -0.104. The molecule has 0 spiro atoms. The van der Waals surface area contributed by atoms with Crippen LogP contribution in [-0.2, 0) is 0 Å². The Morgan fingerprint density at radius 1 is 1.37 bits per heavy atom. The summed E-state index contributed by atoms with van der Waals surface area (Å²) in [5, 5.41) is 3.47. The number of benzene rings is 1. The van der Waals surface area contributed by atoms with Crippen molar-refractivity contribution in [2.75, 3.05) is 18.8 Å². The van der Waals surface area contributed by atoms with Crippen molar-refractivity contribution in [2.45, 2.75) is 31.3 Å². The van der Waals surface area contributed by atoms with Crippen LogP contribution < -0.4 is 11.1 Å². The van der Waals surface area contributed by atoms with Crippen LogP contribution in [0.5, 0.6) is 0 Å². The van der Waals surface area contributed by atoms with Gasteiger partial charge in [-0.1, -0.05) is 11.6 Å². The summed E-state index contributed by atoms with van der Waals surface area (Å²) in [4.78, 5) is 14.6. The van der Waals surface area contributed by atoms with Crippen molar-refractivity contribution in [1.82, 2.24) is 10.2 Å². The van der Waals surface area contributed by atoms with Crippen molar-refractivity contribution < 1.29 is 4.79 Å². The van der Waals surface area contributed by atoms with Crippen molar-refractivity contribution in [3.8, 4) is 0 Å². The third-order valence-electron chi connectivity index (χ3n) is 3.86. The van der Waals surface area contributed by atoms with E-state index >= 15 is 0 Å². The lowest BCUT2D eigenvalue weighted by Crippen LogP contribution is -2.37. The number of nitrogens with two attached hydrogens (primary N) is 1. The van der Waals surface area contributed by atoms with Crippen LogP contribution in [0.25, 0.3) is 0 Å². The molecule has 1 saturated carbocycles. The van der Waals surface area contributed by atoms with Gasteiger partial charge in [-0.25, -0.2) is 0 Å². The summed E-state index contributed by atoms with van der Waals surface area (Å²) >= 11 is 6.05. The lowest BCUT2D eigenvalue weighted by molar-refractivity contribution is 0.0937. The van der Waals surface area contributed by atoms with Gasteiger partial charge in [0.25, 0.3) is 5.91 Å². The molecule has 0 bridgehead atoms. The van der Waals surface area contributed by atoms with Crippen LogP contribution in [0.3, 0.4) is 0 Å². The summed E-state index contributed by atoms with van der Waals surface area (Å²) < 4.78 is 0. The van der Waals surface area contributed by atoms with Crippen molar-refractivity contribution in [3.63, 3.8) is 0 Å². The number of carbonyl (C=O) groups is 1. The second-order valence-corrected chi connectivity index (χ2v) is 5.83. The monoisotopic (exact) mass is 279 g/mol. The van der Waals surface area contributed by atoms with Crippen molar-refractivity contribution in [3.05, 3.63) is 28.8 Å². The van der Waals surface area contributed by atoms with Crippen LogP contribution in [0.15, 0.2) is 18.2 Å². The maximum Gasteiger partial charge on any atom is 0.253 e. The fraction of sp³-hybridized carbons (Fsp3) is 0.500. The number of nitrogens with one attached hydrogen (secondary N) is 1. The highest BCUT2D eigenvalue weighted by atomic mass is 35.5. The Kier molecular flexibility index (Phi) is 3.37. The molecule has 1 unspecified atom stereocenters. The van der Waals surface area contributed by atoms with Gasteiger partial charge in [-0.3, -0.25) is 9.69 Å². The maximum absolute atomic E-state index is 12.2. The number of amides is 1. The van der Waals surface area contributed by atoms with Crippen LogP contribution in [0.2, 0.25) is 5.02 Å². The highest BCUT2D eigenvalue weighted by molar-refractivity contribution is 6.34. The number of nitrogens with zero attached hydrogens (tertiary/aromatic N) is 1. The molecule has 1 saturated heterocycles. The summed E-state index contributed by atoms with van der Waals surface area (Å²) in [7, 11) is 0. The quantitative estimate of drug-likeness (QED) is 0.831. The first-order valence-electron chi connectivity index (χ1n) is 6.73. The van der Waals surface area contributed by atoms with E-state index in [0.717, 1.165) is 25.6 Å². The zero-order chi connectivity index (χ0) is 13.4. The molecule has 2 aliphatic rings. The predicted molar refractivity (Wildman–Crippen MR) is 76.3 cm³/mol. The number of anilines is 1. The van der Waals surface area contributed by atoms with Gasteiger partial charge >= 0.3 is 0 Å².